The normalized spacial score (nSPS) is 14.4. The molecule has 7 heteroatoms. The Morgan fingerprint density at radius 3 is 2.41 bits per heavy atom. The highest BCUT2D eigenvalue weighted by Gasteiger charge is 2.18. The Kier molecular flexibility index (Phi) is 5.79. The average molecular weight is 390 g/mol. The molecule has 0 unspecified atom stereocenters. The molecule has 0 spiro atoms. The van der Waals surface area contributed by atoms with Crippen LogP contribution in [0.3, 0.4) is 0 Å². The zero-order chi connectivity index (χ0) is 19.4. The van der Waals surface area contributed by atoms with Crippen molar-refractivity contribution in [1.29, 1.82) is 0 Å². The molecule has 1 amide bonds. The second-order valence-corrected chi connectivity index (χ2v) is 8.45. The van der Waals surface area contributed by atoms with Crippen molar-refractivity contribution >= 4 is 21.6 Å². The van der Waals surface area contributed by atoms with Crippen LogP contribution >= 0.6 is 0 Å². The number of carbonyl (C=O) groups excluding carboxylic acids is 1. The smallest absolute Gasteiger partial charge is 0.262 e. The van der Waals surface area contributed by atoms with Gasteiger partial charge < -0.3 is 4.90 Å². The van der Waals surface area contributed by atoms with Crippen molar-refractivity contribution < 1.29 is 17.6 Å². The molecule has 1 N–H and O–H groups in total. The molecular weight excluding hydrogens is 367 g/mol. The minimum Gasteiger partial charge on any atom is -0.343 e. The monoisotopic (exact) mass is 390 g/mol. The topological polar surface area (TPSA) is 66.5 Å². The van der Waals surface area contributed by atoms with Crippen LogP contribution in [0.5, 0.6) is 0 Å². The van der Waals surface area contributed by atoms with Crippen LogP contribution in [0.25, 0.3) is 0 Å². The summed E-state index contributed by atoms with van der Waals surface area (Å²) in [6, 6.07) is 10.5. The summed E-state index contributed by atoms with van der Waals surface area (Å²) < 4.78 is 40.7. The van der Waals surface area contributed by atoms with E-state index in [2.05, 4.69) is 4.72 Å². The fraction of sp³-hybridized carbons (Fsp3) is 0.350. The van der Waals surface area contributed by atoms with E-state index in [-0.39, 0.29) is 10.8 Å². The van der Waals surface area contributed by atoms with E-state index in [9.17, 15) is 17.6 Å². The number of anilines is 1. The zero-order valence-electron chi connectivity index (χ0n) is 15.2. The van der Waals surface area contributed by atoms with Crippen LogP contribution in [0.4, 0.5) is 10.1 Å². The predicted octanol–water partition coefficient (Wildman–Crippen LogP) is 3.49. The van der Waals surface area contributed by atoms with Crippen LogP contribution in [-0.4, -0.2) is 32.3 Å². The minimum atomic E-state index is -3.79. The first-order chi connectivity index (χ1) is 12.8. The Labute approximate surface area is 159 Å². The first kappa shape index (κ1) is 19.4. The van der Waals surface area contributed by atoms with E-state index in [1.165, 1.54) is 12.1 Å². The quantitative estimate of drug-likeness (QED) is 0.821. The van der Waals surface area contributed by atoms with Crippen molar-refractivity contribution in [3.63, 3.8) is 0 Å². The van der Waals surface area contributed by atoms with Crippen molar-refractivity contribution in [2.24, 2.45) is 0 Å². The molecule has 144 valence electrons. The van der Waals surface area contributed by atoms with Gasteiger partial charge in [-0.25, -0.2) is 12.8 Å². The van der Waals surface area contributed by atoms with E-state index in [4.69, 9.17) is 0 Å². The van der Waals surface area contributed by atoms with Crippen LogP contribution < -0.4 is 4.72 Å². The minimum absolute atomic E-state index is 0.0455. The van der Waals surface area contributed by atoms with Gasteiger partial charge in [-0.05, 0) is 67.6 Å². The zero-order valence-corrected chi connectivity index (χ0v) is 16.1. The molecule has 5 nitrogen and oxygen atoms in total. The standard InChI is InChI=1S/C20H23FN2O3S/c1-15-14-17(21)7-10-19(15)27(25,26)22-18-8-4-16(5-9-18)6-11-20(24)23-12-2-3-13-23/h4-5,7-10,14,22H,2-3,6,11-13H2,1H3. The summed E-state index contributed by atoms with van der Waals surface area (Å²) in [6.45, 7) is 3.25. The summed E-state index contributed by atoms with van der Waals surface area (Å²) in [5.41, 5.74) is 1.75. The van der Waals surface area contributed by atoms with Crippen molar-refractivity contribution in [2.45, 2.75) is 37.5 Å². The van der Waals surface area contributed by atoms with Gasteiger partial charge in [0.2, 0.25) is 5.91 Å². The Balaban J connectivity index is 1.62. The number of nitrogens with one attached hydrogen (secondary N) is 1. The van der Waals surface area contributed by atoms with Crippen molar-refractivity contribution in [3.05, 3.63) is 59.4 Å². The molecule has 0 aromatic heterocycles. The fourth-order valence-electron chi connectivity index (χ4n) is 3.24. The Bertz CT molecular complexity index is 921. The highest BCUT2D eigenvalue weighted by Crippen LogP contribution is 2.21. The summed E-state index contributed by atoms with van der Waals surface area (Å²) in [4.78, 5) is 14.0. The van der Waals surface area contributed by atoms with Gasteiger partial charge in [-0.15, -0.1) is 0 Å². The van der Waals surface area contributed by atoms with Crippen molar-refractivity contribution in [2.75, 3.05) is 17.8 Å². The number of nitrogens with zero attached hydrogens (tertiary/aromatic N) is 1. The number of hydrogen-bond donors (Lipinski definition) is 1. The van der Waals surface area contributed by atoms with Gasteiger partial charge in [0.1, 0.15) is 5.82 Å². The largest absolute Gasteiger partial charge is 0.343 e. The molecular formula is C20H23FN2O3S. The van der Waals surface area contributed by atoms with Gasteiger partial charge in [0.25, 0.3) is 10.0 Å². The molecule has 1 heterocycles. The summed E-state index contributed by atoms with van der Waals surface area (Å²) >= 11 is 0. The number of sulfonamides is 1. The molecule has 0 saturated carbocycles. The highest BCUT2D eigenvalue weighted by atomic mass is 32.2. The molecule has 1 fully saturated rings. The Morgan fingerprint density at radius 2 is 1.78 bits per heavy atom. The third-order valence-corrected chi connectivity index (χ3v) is 6.26. The number of carbonyl (C=O) groups is 1. The van der Waals surface area contributed by atoms with Gasteiger partial charge in [0.15, 0.2) is 0 Å². The molecule has 27 heavy (non-hydrogen) atoms. The maximum absolute atomic E-state index is 13.2. The number of aryl methyl sites for hydroxylation is 2. The van der Waals surface area contributed by atoms with E-state index in [0.29, 0.717) is 24.1 Å². The van der Waals surface area contributed by atoms with E-state index in [0.717, 1.165) is 37.6 Å². The maximum Gasteiger partial charge on any atom is 0.262 e. The van der Waals surface area contributed by atoms with Gasteiger partial charge >= 0.3 is 0 Å². The lowest BCUT2D eigenvalue weighted by Crippen LogP contribution is -2.27. The summed E-state index contributed by atoms with van der Waals surface area (Å²) in [5, 5.41) is 0. The van der Waals surface area contributed by atoms with E-state index < -0.39 is 15.8 Å². The fourth-order valence-corrected chi connectivity index (χ4v) is 4.53. The van der Waals surface area contributed by atoms with Crippen LogP contribution in [-0.2, 0) is 21.2 Å². The second kappa shape index (κ2) is 8.08. The molecule has 1 aliphatic rings. The third-order valence-electron chi connectivity index (χ3n) is 4.72. The van der Waals surface area contributed by atoms with Gasteiger partial charge in [0.05, 0.1) is 4.90 Å². The highest BCUT2D eigenvalue weighted by molar-refractivity contribution is 7.92. The number of halogens is 1. The van der Waals surface area contributed by atoms with Gasteiger partial charge in [-0.3, -0.25) is 9.52 Å². The number of benzene rings is 2. The number of amides is 1. The lowest BCUT2D eigenvalue weighted by Gasteiger charge is -2.15. The van der Waals surface area contributed by atoms with Crippen LogP contribution in [0.2, 0.25) is 0 Å². The summed E-state index contributed by atoms with van der Waals surface area (Å²) in [6.07, 6.45) is 3.24. The van der Waals surface area contributed by atoms with E-state index >= 15 is 0 Å². The molecule has 0 bridgehead atoms. The molecule has 0 radical (unpaired) electrons. The van der Waals surface area contributed by atoms with Crippen LogP contribution in [0, 0.1) is 12.7 Å². The molecule has 1 aliphatic heterocycles. The number of likely N-dealkylation sites (tertiary alicyclic amines) is 1. The molecule has 2 aromatic carbocycles. The molecule has 2 aromatic rings. The Morgan fingerprint density at radius 1 is 1.11 bits per heavy atom. The summed E-state index contributed by atoms with van der Waals surface area (Å²) in [7, 11) is -3.79. The molecule has 1 saturated heterocycles. The van der Waals surface area contributed by atoms with Crippen LogP contribution in [0.1, 0.15) is 30.4 Å². The van der Waals surface area contributed by atoms with E-state index in [1.807, 2.05) is 17.0 Å². The number of rotatable bonds is 6. The lowest BCUT2D eigenvalue weighted by atomic mass is 10.1. The molecule has 0 aliphatic carbocycles. The third kappa shape index (κ3) is 4.86. The SMILES string of the molecule is Cc1cc(F)ccc1S(=O)(=O)Nc1ccc(CCC(=O)N2CCCC2)cc1. The lowest BCUT2D eigenvalue weighted by molar-refractivity contribution is -0.130. The van der Waals surface area contributed by atoms with Gasteiger partial charge in [0, 0.05) is 25.2 Å². The van der Waals surface area contributed by atoms with Crippen molar-refractivity contribution in [1.82, 2.24) is 4.90 Å². The summed E-state index contributed by atoms with van der Waals surface area (Å²) in [5.74, 6) is -0.302. The molecule has 0 atom stereocenters. The Hall–Kier alpha value is -2.41. The maximum atomic E-state index is 13.2. The predicted molar refractivity (Wildman–Crippen MR) is 103 cm³/mol. The average Bonchev–Trinajstić information content (AvgIpc) is 3.15. The second-order valence-electron chi connectivity index (χ2n) is 6.80. The van der Waals surface area contributed by atoms with Crippen molar-refractivity contribution in [3.8, 4) is 0 Å². The van der Waals surface area contributed by atoms with Gasteiger partial charge in [-0.1, -0.05) is 12.1 Å². The van der Waals surface area contributed by atoms with Crippen LogP contribution in [0.15, 0.2) is 47.4 Å². The number of hydrogen-bond acceptors (Lipinski definition) is 3. The molecule has 3 rings (SSSR count). The first-order valence-electron chi connectivity index (χ1n) is 9.01. The van der Waals surface area contributed by atoms with E-state index in [1.54, 1.807) is 19.1 Å². The first-order valence-corrected chi connectivity index (χ1v) is 10.5. The van der Waals surface area contributed by atoms with Gasteiger partial charge in [-0.2, -0.15) is 0 Å².